The second kappa shape index (κ2) is 5.59. The van der Waals surface area contributed by atoms with Gasteiger partial charge in [0.05, 0.1) is 0 Å². The Bertz CT molecular complexity index is 470. The standard InChI is InChI=1S/C11H9N4Te/c16-11(14-9-5-1-3-7-12-9)15-10-6-2-4-8-13-10/h1-8H,(H,12,13,14,15). The minimum atomic E-state index is 0.686. The second-order valence-corrected chi connectivity index (χ2v) is 4.05. The molecule has 2 heterocycles. The van der Waals surface area contributed by atoms with Crippen molar-refractivity contribution in [3.05, 3.63) is 48.8 Å². The Hall–Kier alpha value is -1.44. The quantitative estimate of drug-likeness (QED) is 0.520. The predicted molar refractivity (Wildman–Crippen MR) is 64.9 cm³/mol. The van der Waals surface area contributed by atoms with Gasteiger partial charge in [-0.3, -0.25) is 0 Å². The maximum absolute atomic E-state index is 4.31. The van der Waals surface area contributed by atoms with E-state index in [1.807, 2.05) is 36.4 Å². The molecule has 0 spiro atoms. The molecule has 2 rings (SSSR count). The van der Waals surface area contributed by atoms with Gasteiger partial charge in [0.15, 0.2) is 0 Å². The van der Waals surface area contributed by atoms with Gasteiger partial charge in [-0.05, 0) is 0 Å². The molecule has 0 aliphatic carbocycles. The Kier molecular flexibility index (Phi) is 3.86. The van der Waals surface area contributed by atoms with Gasteiger partial charge in [0, 0.05) is 0 Å². The van der Waals surface area contributed by atoms with Crippen molar-refractivity contribution in [3.63, 3.8) is 0 Å². The second-order valence-electron chi connectivity index (χ2n) is 2.94. The van der Waals surface area contributed by atoms with Gasteiger partial charge in [-0.15, -0.1) is 0 Å². The average molecular weight is 325 g/mol. The van der Waals surface area contributed by atoms with Crippen molar-refractivity contribution >= 4 is 37.8 Å². The molecule has 0 fully saturated rings. The molecule has 0 saturated carbocycles. The monoisotopic (exact) mass is 327 g/mol. The van der Waals surface area contributed by atoms with E-state index in [2.05, 4.69) is 20.3 Å². The van der Waals surface area contributed by atoms with Crippen LogP contribution in [0.3, 0.4) is 0 Å². The van der Waals surface area contributed by atoms with Crippen molar-refractivity contribution in [2.45, 2.75) is 0 Å². The van der Waals surface area contributed by atoms with E-state index < -0.39 is 0 Å². The van der Waals surface area contributed by atoms with Crippen molar-refractivity contribution in [1.82, 2.24) is 9.97 Å². The van der Waals surface area contributed by atoms with Crippen molar-refractivity contribution in [1.29, 1.82) is 0 Å². The molecule has 0 unspecified atom stereocenters. The van der Waals surface area contributed by atoms with E-state index in [9.17, 15) is 0 Å². The molecule has 2 aromatic heterocycles. The zero-order valence-electron chi connectivity index (χ0n) is 8.37. The molecule has 0 saturated heterocycles. The minimum absolute atomic E-state index is 0.686. The van der Waals surface area contributed by atoms with Crippen LogP contribution in [-0.2, 0) is 0 Å². The van der Waals surface area contributed by atoms with E-state index >= 15 is 0 Å². The summed E-state index contributed by atoms with van der Waals surface area (Å²) in [5, 5.41) is 3.09. The number of hydrogen-bond acceptors (Lipinski definition) is 3. The van der Waals surface area contributed by atoms with Crippen molar-refractivity contribution < 1.29 is 0 Å². The van der Waals surface area contributed by atoms with Gasteiger partial charge in [0.25, 0.3) is 0 Å². The topological polar surface area (TPSA) is 50.2 Å². The number of aliphatic imine (C=N–C) groups is 1. The molecule has 0 amide bonds. The number of hydrogen-bond donors (Lipinski definition) is 1. The van der Waals surface area contributed by atoms with Crippen LogP contribution in [0.15, 0.2) is 53.8 Å². The number of aromatic nitrogens is 2. The van der Waals surface area contributed by atoms with E-state index in [0.717, 1.165) is 9.70 Å². The van der Waals surface area contributed by atoms with Gasteiger partial charge in [-0.25, -0.2) is 0 Å². The molecular formula is C11H9N4Te. The van der Waals surface area contributed by atoms with Gasteiger partial charge in [0.2, 0.25) is 0 Å². The number of nitrogens with one attached hydrogen (secondary N) is 1. The number of nitrogens with zero attached hydrogens (tertiary/aromatic N) is 3. The van der Waals surface area contributed by atoms with Crippen LogP contribution in [0.1, 0.15) is 0 Å². The molecule has 4 nitrogen and oxygen atoms in total. The first-order chi connectivity index (χ1) is 7.84. The van der Waals surface area contributed by atoms with Gasteiger partial charge >= 0.3 is 107 Å². The number of pyridine rings is 2. The summed E-state index contributed by atoms with van der Waals surface area (Å²) in [5.41, 5.74) is 0. The van der Waals surface area contributed by atoms with Crippen molar-refractivity contribution in [2.24, 2.45) is 4.99 Å². The fraction of sp³-hybridized carbons (Fsp3) is 0. The molecule has 0 aliphatic rings. The van der Waals surface area contributed by atoms with Crippen LogP contribution in [0, 0.1) is 0 Å². The third-order valence-corrected chi connectivity index (χ3v) is 2.32. The van der Waals surface area contributed by atoms with Crippen molar-refractivity contribution in [2.75, 3.05) is 5.32 Å². The molecule has 0 bridgehead atoms. The van der Waals surface area contributed by atoms with E-state index in [4.69, 9.17) is 0 Å². The zero-order valence-corrected chi connectivity index (χ0v) is 10.7. The number of amidine groups is 1. The summed E-state index contributed by atoms with van der Waals surface area (Å²) in [6, 6.07) is 11.3. The summed E-state index contributed by atoms with van der Waals surface area (Å²) < 4.78 is 0.771. The fourth-order valence-corrected chi connectivity index (χ4v) is 1.66. The fourth-order valence-electron chi connectivity index (χ4n) is 1.10. The van der Waals surface area contributed by atoms with E-state index in [1.54, 1.807) is 34.7 Å². The molecule has 0 atom stereocenters. The molecule has 0 aromatic carbocycles. The third-order valence-electron chi connectivity index (χ3n) is 1.77. The molecule has 5 heteroatoms. The molecule has 79 valence electrons. The molecular weight excluding hydrogens is 316 g/mol. The van der Waals surface area contributed by atoms with Gasteiger partial charge in [-0.2, -0.15) is 0 Å². The van der Waals surface area contributed by atoms with Gasteiger partial charge in [-0.1, -0.05) is 0 Å². The Balaban J connectivity index is 2.09. The van der Waals surface area contributed by atoms with Crippen LogP contribution < -0.4 is 5.32 Å². The Labute approximate surface area is 107 Å². The predicted octanol–water partition coefficient (Wildman–Crippen LogP) is 1.74. The van der Waals surface area contributed by atoms with Crippen LogP contribution in [0.25, 0.3) is 0 Å². The first-order valence-electron chi connectivity index (χ1n) is 4.69. The van der Waals surface area contributed by atoms with Crippen LogP contribution in [0.5, 0.6) is 0 Å². The molecule has 16 heavy (non-hydrogen) atoms. The average Bonchev–Trinajstić information content (AvgIpc) is 2.31. The summed E-state index contributed by atoms with van der Waals surface area (Å²) in [6.45, 7) is 0. The Morgan fingerprint density at radius 2 is 1.81 bits per heavy atom. The molecule has 2 aromatic rings. The number of anilines is 1. The summed E-state index contributed by atoms with van der Waals surface area (Å²) in [4.78, 5) is 12.6. The third kappa shape index (κ3) is 3.30. The Morgan fingerprint density at radius 3 is 2.44 bits per heavy atom. The summed E-state index contributed by atoms with van der Waals surface area (Å²) in [7, 11) is 0. The number of rotatable bonds is 2. The molecule has 1 radical (unpaired) electrons. The van der Waals surface area contributed by atoms with Crippen LogP contribution in [0.4, 0.5) is 11.6 Å². The molecule has 0 aliphatic heterocycles. The van der Waals surface area contributed by atoms with E-state index in [1.165, 1.54) is 0 Å². The maximum atomic E-state index is 4.31. The van der Waals surface area contributed by atoms with Crippen LogP contribution >= 0.6 is 0 Å². The van der Waals surface area contributed by atoms with E-state index in [-0.39, 0.29) is 0 Å². The summed E-state index contributed by atoms with van der Waals surface area (Å²) in [6.07, 6.45) is 3.45. The molecule has 1 N–H and O–H groups in total. The summed E-state index contributed by atoms with van der Waals surface area (Å²) >= 11 is 1.80. The zero-order chi connectivity index (χ0) is 11.2. The first kappa shape index (κ1) is 11.1. The SMILES string of the molecule is [Te]/C(=N/c1ccccn1)Nc1ccccn1. The summed E-state index contributed by atoms with van der Waals surface area (Å²) in [5.74, 6) is 1.47. The van der Waals surface area contributed by atoms with E-state index in [0.29, 0.717) is 5.82 Å². The van der Waals surface area contributed by atoms with Gasteiger partial charge < -0.3 is 0 Å². The first-order valence-corrected chi connectivity index (χ1v) is 5.86. The van der Waals surface area contributed by atoms with Crippen molar-refractivity contribution in [3.8, 4) is 0 Å². The Morgan fingerprint density at radius 1 is 1.06 bits per heavy atom. The van der Waals surface area contributed by atoms with Gasteiger partial charge in [0.1, 0.15) is 0 Å². The normalized spacial score (nSPS) is 11.1. The van der Waals surface area contributed by atoms with Crippen LogP contribution in [-0.4, -0.2) is 36.1 Å². The van der Waals surface area contributed by atoms with Crippen LogP contribution in [0.2, 0.25) is 0 Å².